The van der Waals surface area contributed by atoms with Crippen LogP contribution in [-0.4, -0.2) is 44.4 Å². The molecule has 0 saturated carbocycles. The van der Waals surface area contributed by atoms with Crippen molar-refractivity contribution in [2.24, 2.45) is 0 Å². The highest BCUT2D eigenvalue weighted by molar-refractivity contribution is 6.08. The highest BCUT2D eigenvalue weighted by Gasteiger charge is 2.29. The molecule has 3 rings (SSSR count). The summed E-state index contributed by atoms with van der Waals surface area (Å²) in [7, 11) is 0. The zero-order valence-electron chi connectivity index (χ0n) is 13.8. The predicted octanol–water partition coefficient (Wildman–Crippen LogP) is 0.386. The molecule has 3 amide bonds. The summed E-state index contributed by atoms with van der Waals surface area (Å²) in [5.74, 6) is -1.94. The Morgan fingerprint density at radius 1 is 1.38 bits per heavy atom. The van der Waals surface area contributed by atoms with E-state index in [1.807, 2.05) is 0 Å². The van der Waals surface area contributed by atoms with E-state index < -0.39 is 23.8 Å². The number of rotatable bonds is 4. The van der Waals surface area contributed by atoms with Crippen LogP contribution in [0.1, 0.15) is 29.0 Å². The number of nitrogens with zero attached hydrogens (tertiary/aromatic N) is 2. The average molecular weight is 381 g/mol. The van der Waals surface area contributed by atoms with Crippen LogP contribution in [0.15, 0.2) is 18.2 Å². The van der Waals surface area contributed by atoms with Crippen LogP contribution in [0.2, 0.25) is 0 Å². The van der Waals surface area contributed by atoms with Gasteiger partial charge in [0.1, 0.15) is 23.9 Å². The number of carbonyl (C=O) groups is 4. The molecular formula is C16H17ClN4O5. The molecule has 0 bridgehead atoms. The molecule has 1 saturated heterocycles. The second-order valence-electron chi connectivity index (χ2n) is 5.79. The molecular weight excluding hydrogens is 364 g/mol. The monoisotopic (exact) mass is 380 g/mol. The van der Waals surface area contributed by atoms with Crippen LogP contribution in [0.4, 0.5) is 0 Å². The van der Waals surface area contributed by atoms with E-state index in [-0.39, 0.29) is 43.3 Å². The van der Waals surface area contributed by atoms with Crippen molar-refractivity contribution in [2.45, 2.75) is 32.4 Å². The molecule has 2 aromatic rings. The van der Waals surface area contributed by atoms with E-state index in [4.69, 9.17) is 5.11 Å². The first-order valence-electron chi connectivity index (χ1n) is 7.69. The molecule has 3 N–H and O–H groups in total. The SMILES string of the molecule is Cc1nc2c(C(=O)NC3CCC(=O)NC3=O)cccc2n1CC(=O)O.Cl. The normalized spacial score (nSPS) is 16.7. The fourth-order valence-corrected chi connectivity index (χ4v) is 2.85. The van der Waals surface area contributed by atoms with Gasteiger partial charge in [-0.05, 0) is 25.5 Å². The number of benzene rings is 1. The molecule has 1 aromatic heterocycles. The number of piperidine rings is 1. The average Bonchev–Trinajstić information content (AvgIpc) is 2.85. The van der Waals surface area contributed by atoms with Crippen LogP contribution in [-0.2, 0) is 20.9 Å². The van der Waals surface area contributed by atoms with E-state index in [9.17, 15) is 19.2 Å². The van der Waals surface area contributed by atoms with Crippen molar-refractivity contribution < 1.29 is 24.3 Å². The number of imidazole rings is 1. The van der Waals surface area contributed by atoms with Crippen molar-refractivity contribution in [3.63, 3.8) is 0 Å². The molecule has 1 unspecified atom stereocenters. The van der Waals surface area contributed by atoms with Crippen LogP contribution < -0.4 is 10.6 Å². The molecule has 10 heteroatoms. The lowest BCUT2D eigenvalue weighted by molar-refractivity contribution is -0.138. The van der Waals surface area contributed by atoms with Crippen LogP contribution in [0, 0.1) is 6.92 Å². The minimum Gasteiger partial charge on any atom is -0.480 e. The molecule has 26 heavy (non-hydrogen) atoms. The number of nitrogens with one attached hydrogen (secondary N) is 2. The summed E-state index contributed by atoms with van der Waals surface area (Å²) in [5.41, 5.74) is 1.14. The number of imide groups is 1. The number of carboxylic acids is 1. The van der Waals surface area contributed by atoms with Crippen LogP contribution >= 0.6 is 12.4 Å². The van der Waals surface area contributed by atoms with Crippen molar-refractivity contribution in [2.75, 3.05) is 0 Å². The molecule has 0 aliphatic carbocycles. The van der Waals surface area contributed by atoms with Gasteiger partial charge in [0, 0.05) is 6.42 Å². The van der Waals surface area contributed by atoms with Gasteiger partial charge in [-0.3, -0.25) is 24.5 Å². The molecule has 1 atom stereocenters. The minimum atomic E-state index is -1.01. The quantitative estimate of drug-likeness (QED) is 0.657. The van der Waals surface area contributed by atoms with Crippen molar-refractivity contribution in [3.05, 3.63) is 29.6 Å². The Labute approximate surface area is 154 Å². The van der Waals surface area contributed by atoms with Gasteiger partial charge in [-0.25, -0.2) is 4.98 Å². The van der Waals surface area contributed by atoms with Gasteiger partial charge in [0.15, 0.2) is 0 Å². The summed E-state index contributed by atoms with van der Waals surface area (Å²) in [6.45, 7) is 1.39. The molecule has 0 radical (unpaired) electrons. The van der Waals surface area contributed by atoms with Crippen LogP contribution in [0.5, 0.6) is 0 Å². The van der Waals surface area contributed by atoms with E-state index in [2.05, 4.69) is 15.6 Å². The summed E-state index contributed by atoms with van der Waals surface area (Å²) >= 11 is 0. The Morgan fingerprint density at radius 2 is 2.12 bits per heavy atom. The first-order valence-corrected chi connectivity index (χ1v) is 7.69. The second-order valence-corrected chi connectivity index (χ2v) is 5.79. The first-order chi connectivity index (χ1) is 11.9. The van der Waals surface area contributed by atoms with Gasteiger partial charge < -0.3 is 15.0 Å². The maximum absolute atomic E-state index is 12.6. The summed E-state index contributed by atoms with van der Waals surface area (Å²) < 4.78 is 1.50. The fourth-order valence-electron chi connectivity index (χ4n) is 2.85. The number of aryl methyl sites for hydroxylation is 1. The van der Waals surface area contributed by atoms with E-state index in [1.54, 1.807) is 25.1 Å². The molecule has 2 heterocycles. The molecule has 1 fully saturated rings. The molecule has 9 nitrogen and oxygen atoms in total. The topological polar surface area (TPSA) is 130 Å². The number of halogens is 1. The van der Waals surface area contributed by atoms with Gasteiger partial charge in [-0.2, -0.15) is 0 Å². The summed E-state index contributed by atoms with van der Waals surface area (Å²) in [6.07, 6.45) is 0.395. The van der Waals surface area contributed by atoms with Gasteiger partial charge in [0.05, 0.1) is 11.1 Å². The highest BCUT2D eigenvalue weighted by atomic mass is 35.5. The first kappa shape index (κ1) is 19.4. The third kappa shape index (κ3) is 3.67. The summed E-state index contributed by atoms with van der Waals surface area (Å²) in [4.78, 5) is 50.8. The highest BCUT2D eigenvalue weighted by Crippen LogP contribution is 2.20. The Bertz CT molecular complexity index is 907. The van der Waals surface area contributed by atoms with Crippen molar-refractivity contribution in [1.29, 1.82) is 0 Å². The zero-order chi connectivity index (χ0) is 18.1. The Balaban J connectivity index is 0.00000243. The van der Waals surface area contributed by atoms with Gasteiger partial charge in [0.25, 0.3) is 5.91 Å². The molecule has 0 spiro atoms. The van der Waals surface area contributed by atoms with Gasteiger partial charge >= 0.3 is 5.97 Å². The van der Waals surface area contributed by atoms with Gasteiger partial charge in [-0.1, -0.05) is 6.07 Å². The predicted molar refractivity (Wildman–Crippen MR) is 93.0 cm³/mol. The molecule has 138 valence electrons. The largest absolute Gasteiger partial charge is 0.480 e. The van der Waals surface area contributed by atoms with Crippen LogP contribution in [0.25, 0.3) is 11.0 Å². The number of carboxylic acid groups (broad SMARTS) is 1. The Hall–Kier alpha value is -2.94. The minimum absolute atomic E-state index is 0. The van der Waals surface area contributed by atoms with E-state index in [0.717, 1.165) is 0 Å². The number of para-hydroxylation sites is 1. The zero-order valence-corrected chi connectivity index (χ0v) is 14.6. The Morgan fingerprint density at radius 3 is 2.77 bits per heavy atom. The number of fused-ring (bicyclic) bond motifs is 1. The Kier molecular flexibility index (Phi) is 5.61. The fraction of sp³-hybridized carbons (Fsp3) is 0.312. The number of aliphatic carboxylic acids is 1. The number of aromatic nitrogens is 2. The number of amides is 3. The van der Waals surface area contributed by atoms with E-state index in [0.29, 0.717) is 16.9 Å². The third-order valence-corrected chi connectivity index (χ3v) is 4.05. The summed E-state index contributed by atoms with van der Waals surface area (Å²) in [6, 6.07) is 4.08. The standard InChI is InChI=1S/C16H16N4O5.ClH/c1-8-17-14-9(3-2-4-11(14)20(8)7-13(22)23)15(24)18-10-5-6-12(21)19-16(10)25;/h2-4,10H,5-7H2,1H3,(H,18,24)(H,22,23)(H,19,21,25);1H. The van der Waals surface area contributed by atoms with E-state index in [1.165, 1.54) is 4.57 Å². The lowest BCUT2D eigenvalue weighted by Gasteiger charge is -2.21. The molecule has 1 aliphatic heterocycles. The molecule has 1 aliphatic rings. The lowest BCUT2D eigenvalue weighted by atomic mass is 10.1. The van der Waals surface area contributed by atoms with Gasteiger partial charge in [-0.15, -0.1) is 12.4 Å². The number of hydrogen-bond acceptors (Lipinski definition) is 5. The summed E-state index contributed by atoms with van der Waals surface area (Å²) in [5, 5.41) is 13.8. The number of hydrogen-bond donors (Lipinski definition) is 3. The van der Waals surface area contributed by atoms with Gasteiger partial charge in [0.2, 0.25) is 11.8 Å². The maximum atomic E-state index is 12.6. The lowest BCUT2D eigenvalue weighted by Crippen LogP contribution is -2.52. The molecule has 1 aromatic carbocycles. The van der Waals surface area contributed by atoms with Crippen molar-refractivity contribution in [1.82, 2.24) is 20.2 Å². The smallest absolute Gasteiger partial charge is 0.323 e. The third-order valence-electron chi connectivity index (χ3n) is 4.05. The second kappa shape index (κ2) is 7.52. The van der Waals surface area contributed by atoms with Crippen molar-refractivity contribution in [3.8, 4) is 0 Å². The van der Waals surface area contributed by atoms with E-state index >= 15 is 0 Å². The number of carbonyl (C=O) groups excluding carboxylic acids is 3. The van der Waals surface area contributed by atoms with Crippen LogP contribution in [0.3, 0.4) is 0 Å². The van der Waals surface area contributed by atoms with Crippen molar-refractivity contribution >= 4 is 47.1 Å². The maximum Gasteiger partial charge on any atom is 0.323 e.